The molecule has 118 valence electrons. The van der Waals surface area contributed by atoms with Crippen molar-refractivity contribution >= 4 is 46.8 Å². The number of carbonyl (C=O) groups is 2. The van der Waals surface area contributed by atoms with Gasteiger partial charge in [0.15, 0.2) is 0 Å². The highest BCUT2D eigenvalue weighted by atomic mass is 35.5. The van der Waals surface area contributed by atoms with Gasteiger partial charge in [-0.2, -0.15) is 0 Å². The summed E-state index contributed by atoms with van der Waals surface area (Å²) in [5.74, 6) is -0.336. The van der Waals surface area contributed by atoms with Crippen LogP contribution in [-0.4, -0.2) is 11.9 Å². The van der Waals surface area contributed by atoms with Gasteiger partial charge < -0.3 is 10.1 Å². The number of hydrogen-bond acceptors (Lipinski definition) is 3. The summed E-state index contributed by atoms with van der Waals surface area (Å²) >= 11 is 11.8. The van der Waals surface area contributed by atoms with Crippen LogP contribution in [0, 0.1) is 0 Å². The van der Waals surface area contributed by atoms with Crippen LogP contribution < -0.4 is 10.1 Å². The fourth-order valence-electron chi connectivity index (χ4n) is 1.75. The van der Waals surface area contributed by atoms with Crippen molar-refractivity contribution in [2.75, 3.05) is 5.32 Å². The molecule has 1 amide bonds. The van der Waals surface area contributed by atoms with Crippen LogP contribution in [0.2, 0.25) is 10.0 Å². The lowest BCUT2D eigenvalue weighted by Gasteiger charge is -2.04. The molecule has 0 bridgehead atoms. The summed E-state index contributed by atoms with van der Waals surface area (Å²) < 4.78 is 5.15. The van der Waals surface area contributed by atoms with E-state index in [0.717, 1.165) is 0 Å². The molecular formula is C17H13Cl2NO3. The molecule has 0 fully saturated rings. The lowest BCUT2D eigenvalue weighted by Crippen LogP contribution is -2.06. The summed E-state index contributed by atoms with van der Waals surface area (Å²) in [4.78, 5) is 22.7. The highest BCUT2D eigenvalue weighted by molar-refractivity contribution is 6.35. The molecule has 0 aliphatic heterocycles. The molecule has 0 radical (unpaired) electrons. The van der Waals surface area contributed by atoms with Crippen molar-refractivity contribution in [3.8, 4) is 5.75 Å². The zero-order valence-electron chi connectivity index (χ0n) is 12.2. The van der Waals surface area contributed by atoms with E-state index in [1.54, 1.807) is 48.5 Å². The molecule has 1 N–H and O–H groups in total. The average molecular weight is 350 g/mol. The van der Waals surface area contributed by atoms with E-state index in [0.29, 0.717) is 27.0 Å². The summed E-state index contributed by atoms with van der Waals surface area (Å²) in [5, 5.41) is 3.59. The van der Waals surface area contributed by atoms with Crippen LogP contribution in [-0.2, 0) is 9.59 Å². The number of rotatable bonds is 4. The molecule has 0 aliphatic rings. The first-order chi connectivity index (χ1) is 10.9. The Labute approximate surface area is 143 Å². The minimum absolute atomic E-state index is 0.169. The SMILES string of the molecule is CC(=O)Nc1ccc(OC(=O)C=Cc2ccc(Cl)cc2Cl)cc1. The van der Waals surface area contributed by atoms with E-state index in [9.17, 15) is 9.59 Å². The maximum Gasteiger partial charge on any atom is 0.336 e. The second kappa shape index (κ2) is 7.81. The number of halogens is 2. The van der Waals surface area contributed by atoms with Crippen LogP contribution in [0.25, 0.3) is 6.08 Å². The van der Waals surface area contributed by atoms with Crippen LogP contribution in [0.1, 0.15) is 12.5 Å². The molecule has 0 saturated heterocycles. The highest BCUT2D eigenvalue weighted by Crippen LogP contribution is 2.22. The van der Waals surface area contributed by atoms with Gasteiger partial charge in [0, 0.05) is 28.7 Å². The molecule has 4 nitrogen and oxygen atoms in total. The third-order valence-corrected chi connectivity index (χ3v) is 3.32. The van der Waals surface area contributed by atoms with Crippen molar-refractivity contribution in [3.05, 3.63) is 64.1 Å². The average Bonchev–Trinajstić information content (AvgIpc) is 2.48. The molecule has 0 atom stereocenters. The predicted molar refractivity (Wildman–Crippen MR) is 91.9 cm³/mol. The Bertz CT molecular complexity index is 755. The van der Waals surface area contributed by atoms with Crippen molar-refractivity contribution in [1.82, 2.24) is 0 Å². The summed E-state index contributed by atoms with van der Waals surface area (Å²) in [7, 11) is 0. The Morgan fingerprint density at radius 1 is 1.09 bits per heavy atom. The topological polar surface area (TPSA) is 55.4 Å². The number of ether oxygens (including phenoxy) is 1. The number of hydrogen-bond donors (Lipinski definition) is 1. The Morgan fingerprint density at radius 3 is 2.39 bits per heavy atom. The maximum absolute atomic E-state index is 11.8. The molecule has 0 heterocycles. The second-order valence-corrected chi connectivity index (χ2v) is 5.47. The molecule has 0 spiro atoms. The van der Waals surface area contributed by atoms with Gasteiger partial charge in [0.1, 0.15) is 5.75 Å². The van der Waals surface area contributed by atoms with Crippen molar-refractivity contribution in [3.63, 3.8) is 0 Å². The first kappa shape index (κ1) is 17.1. The van der Waals surface area contributed by atoms with Crippen LogP contribution in [0.3, 0.4) is 0 Å². The van der Waals surface area contributed by atoms with Crippen LogP contribution in [0.15, 0.2) is 48.5 Å². The smallest absolute Gasteiger partial charge is 0.336 e. The summed E-state index contributed by atoms with van der Waals surface area (Å²) in [6, 6.07) is 11.4. The van der Waals surface area contributed by atoms with E-state index in [2.05, 4.69) is 5.32 Å². The minimum atomic E-state index is -0.539. The van der Waals surface area contributed by atoms with Crippen molar-refractivity contribution in [2.24, 2.45) is 0 Å². The highest BCUT2D eigenvalue weighted by Gasteiger charge is 2.03. The number of carbonyl (C=O) groups excluding carboxylic acids is 2. The summed E-state index contributed by atoms with van der Waals surface area (Å²) in [6.07, 6.45) is 2.82. The van der Waals surface area contributed by atoms with Gasteiger partial charge >= 0.3 is 5.97 Å². The Balaban J connectivity index is 1.98. The third-order valence-electron chi connectivity index (χ3n) is 2.75. The van der Waals surface area contributed by atoms with Crippen LogP contribution in [0.4, 0.5) is 5.69 Å². The van der Waals surface area contributed by atoms with Gasteiger partial charge in [0.25, 0.3) is 0 Å². The van der Waals surface area contributed by atoms with Gasteiger partial charge in [-0.15, -0.1) is 0 Å². The normalized spacial score (nSPS) is 10.6. The van der Waals surface area contributed by atoms with Gasteiger partial charge in [-0.05, 0) is 48.0 Å². The molecule has 0 saturated carbocycles. The van der Waals surface area contributed by atoms with Crippen molar-refractivity contribution in [1.29, 1.82) is 0 Å². The quantitative estimate of drug-likeness (QED) is 0.499. The Hall–Kier alpha value is -2.30. The number of amides is 1. The van der Waals surface area contributed by atoms with Gasteiger partial charge in [-0.3, -0.25) is 4.79 Å². The predicted octanol–water partition coefficient (Wildman–Crippen LogP) is 4.57. The van der Waals surface area contributed by atoms with E-state index < -0.39 is 5.97 Å². The standard InChI is InChI=1S/C17H13Cl2NO3/c1-11(21)20-14-5-7-15(8-6-14)23-17(22)9-3-12-2-4-13(18)10-16(12)19/h2-10H,1H3,(H,20,21). The minimum Gasteiger partial charge on any atom is -0.423 e. The second-order valence-electron chi connectivity index (χ2n) is 4.63. The molecule has 2 aromatic carbocycles. The molecular weight excluding hydrogens is 337 g/mol. The lowest BCUT2D eigenvalue weighted by molar-refractivity contribution is -0.128. The van der Waals surface area contributed by atoms with Gasteiger partial charge in [-0.1, -0.05) is 29.3 Å². The first-order valence-electron chi connectivity index (χ1n) is 6.66. The van der Waals surface area contributed by atoms with E-state index in [4.69, 9.17) is 27.9 Å². The monoisotopic (exact) mass is 349 g/mol. The van der Waals surface area contributed by atoms with Gasteiger partial charge in [0.2, 0.25) is 5.91 Å². The van der Waals surface area contributed by atoms with Crippen molar-refractivity contribution < 1.29 is 14.3 Å². The number of benzene rings is 2. The number of esters is 1. The lowest BCUT2D eigenvalue weighted by atomic mass is 10.2. The molecule has 0 aromatic heterocycles. The van der Waals surface area contributed by atoms with E-state index in [1.165, 1.54) is 13.0 Å². The molecule has 2 rings (SSSR count). The van der Waals surface area contributed by atoms with Gasteiger partial charge in [0.05, 0.1) is 0 Å². The molecule has 2 aromatic rings. The zero-order chi connectivity index (χ0) is 16.8. The Kier molecular flexibility index (Phi) is 5.79. The third kappa shape index (κ3) is 5.43. The summed E-state index contributed by atoms with van der Waals surface area (Å²) in [6.45, 7) is 1.42. The summed E-state index contributed by atoms with van der Waals surface area (Å²) in [5.41, 5.74) is 1.29. The molecule has 6 heteroatoms. The molecule has 23 heavy (non-hydrogen) atoms. The number of anilines is 1. The van der Waals surface area contributed by atoms with E-state index in [-0.39, 0.29) is 5.91 Å². The Morgan fingerprint density at radius 2 is 1.78 bits per heavy atom. The number of nitrogens with one attached hydrogen (secondary N) is 1. The largest absolute Gasteiger partial charge is 0.423 e. The maximum atomic E-state index is 11.8. The molecule has 0 aliphatic carbocycles. The van der Waals surface area contributed by atoms with Crippen molar-refractivity contribution in [2.45, 2.75) is 6.92 Å². The zero-order valence-corrected chi connectivity index (χ0v) is 13.7. The molecule has 0 unspecified atom stereocenters. The fraction of sp³-hybridized carbons (Fsp3) is 0.0588. The first-order valence-corrected chi connectivity index (χ1v) is 7.42. The fourth-order valence-corrected chi connectivity index (χ4v) is 2.23. The van der Waals surface area contributed by atoms with Crippen LogP contribution in [0.5, 0.6) is 5.75 Å². The van der Waals surface area contributed by atoms with E-state index in [1.807, 2.05) is 0 Å². The van der Waals surface area contributed by atoms with Crippen LogP contribution >= 0.6 is 23.2 Å². The van der Waals surface area contributed by atoms with Gasteiger partial charge in [-0.25, -0.2) is 4.79 Å². The van der Waals surface area contributed by atoms with E-state index >= 15 is 0 Å².